The van der Waals surface area contributed by atoms with E-state index in [4.69, 9.17) is 10.9 Å². The second kappa shape index (κ2) is 6.33. The summed E-state index contributed by atoms with van der Waals surface area (Å²) >= 11 is 0. The van der Waals surface area contributed by atoms with E-state index in [9.17, 15) is 0 Å². The number of nitrogens with zero attached hydrogens (tertiary/aromatic N) is 3. The van der Waals surface area contributed by atoms with Crippen LogP contribution < -0.4 is 10.6 Å². The van der Waals surface area contributed by atoms with Crippen LogP contribution in [0, 0.1) is 19.8 Å². The quantitative estimate of drug-likeness (QED) is 0.388. The zero-order valence-electron chi connectivity index (χ0n) is 13.4. The summed E-state index contributed by atoms with van der Waals surface area (Å²) in [6.07, 6.45) is 4.97. The molecular formula is C16H26N4O. The minimum absolute atomic E-state index is 0.130. The number of nitrogens with two attached hydrogens (primary N) is 1. The second-order valence-corrected chi connectivity index (χ2v) is 6.20. The van der Waals surface area contributed by atoms with Crippen molar-refractivity contribution in [3.05, 3.63) is 22.9 Å². The van der Waals surface area contributed by atoms with Gasteiger partial charge in [0.2, 0.25) is 0 Å². The molecule has 1 aliphatic rings. The normalized spacial score (nSPS) is 23.1. The molecule has 0 aliphatic heterocycles. The van der Waals surface area contributed by atoms with Crippen LogP contribution in [0.1, 0.15) is 49.4 Å². The van der Waals surface area contributed by atoms with Crippen molar-refractivity contribution in [2.24, 2.45) is 16.8 Å². The Kier molecular flexibility index (Phi) is 4.70. The van der Waals surface area contributed by atoms with Gasteiger partial charge >= 0.3 is 0 Å². The van der Waals surface area contributed by atoms with Crippen LogP contribution >= 0.6 is 0 Å². The number of oxime groups is 1. The second-order valence-electron chi connectivity index (χ2n) is 6.20. The maximum atomic E-state index is 9.07. The number of anilines is 1. The molecule has 116 valence electrons. The van der Waals surface area contributed by atoms with Gasteiger partial charge in [0.1, 0.15) is 5.82 Å². The summed E-state index contributed by atoms with van der Waals surface area (Å²) in [6, 6.07) is 2.42. The summed E-state index contributed by atoms with van der Waals surface area (Å²) in [5, 5.41) is 12.3. The topological polar surface area (TPSA) is 74.7 Å². The third-order valence-electron chi connectivity index (χ3n) is 4.59. The molecule has 0 spiro atoms. The van der Waals surface area contributed by atoms with Crippen LogP contribution in [-0.2, 0) is 0 Å². The Morgan fingerprint density at radius 2 is 2.05 bits per heavy atom. The Balaban J connectivity index is 2.46. The minimum Gasteiger partial charge on any atom is -0.409 e. The fourth-order valence-electron chi connectivity index (χ4n) is 3.47. The van der Waals surface area contributed by atoms with Gasteiger partial charge in [-0.3, -0.25) is 0 Å². The van der Waals surface area contributed by atoms with Gasteiger partial charge in [-0.05, 0) is 44.2 Å². The fourth-order valence-corrected chi connectivity index (χ4v) is 3.47. The van der Waals surface area contributed by atoms with Gasteiger partial charge in [0.05, 0.1) is 5.56 Å². The Hall–Kier alpha value is -1.78. The summed E-state index contributed by atoms with van der Waals surface area (Å²) in [7, 11) is 2.07. The molecule has 3 N–H and O–H groups in total. The van der Waals surface area contributed by atoms with Crippen LogP contribution in [0.4, 0.5) is 5.82 Å². The van der Waals surface area contributed by atoms with E-state index in [1.807, 2.05) is 19.9 Å². The minimum atomic E-state index is 0.130. The molecule has 0 saturated heterocycles. The van der Waals surface area contributed by atoms with E-state index < -0.39 is 0 Å². The average Bonchev–Trinajstić information content (AvgIpc) is 2.45. The first-order valence-electron chi connectivity index (χ1n) is 7.64. The van der Waals surface area contributed by atoms with E-state index in [0.717, 1.165) is 22.6 Å². The first-order valence-corrected chi connectivity index (χ1v) is 7.64. The predicted molar refractivity (Wildman–Crippen MR) is 86.0 cm³/mol. The molecule has 0 aromatic carbocycles. The monoisotopic (exact) mass is 290 g/mol. The molecule has 0 radical (unpaired) electrons. The number of hydrogen-bond acceptors (Lipinski definition) is 4. The van der Waals surface area contributed by atoms with Gasteiger partial charge in [-0.25, -0.2) is 4.98 Å². The summed E-state index contributed by atoms with van der Waals surface area (Å²) in [5.41, 5.74) is 8.56. The highest BCUT2D eigenvalue weighted by Gasteiger charge is 2.28. The van der Waals surface area contributed by atoms with Gasteiger partial charge in [0.15, 0.2) is 5.84 Å². The number of rotatable bonds is 3. The zero-order chi connectivity index (χ0) is 15.6. The molecule has 2 unspecified atom stereocenters. The zero-order valence-corrected chi connectivity index (χ0v) is 13.4. The van der Waals surface area contributed by atoms with Gasteiger partial charge in [-0.2, -0.15) is 0 Å². The van der Waals surface area contributed by atoms with Crippen LogP contribution in [0.15, 0.2) is 11.2 Å². The highest BCUT2D eigenvalue weighted by Crippen LogP contribution is 2.32. The molecule has 1 heterocycles. The molecule has 0 bridgehead atoms. The van der Waals surface area contributed by atoms with Crippen molar-refractivity contribution in [2.45, 2.75) is 52.5 Å². The SMILES string of the molecule is Cc1cc(C)c(C(N)=NO)c(N(C)C2CCCCC2C)n1. The summed E-state index contributed by atoms with van der Waals surface area (Å²) in [5.74, 6) is 1.58. The van der Waals surface area contributed by atoms with Gasteiger partial charge in [-0.1, -0.05) is 24.9 Å². The van der Waals surface area contributed by atoms with E-state index in [1.165, 1.54) is 25.7 Å². The van der Waals surface area contributed by atoms with Gasteiger partial charge < -0.3 is 15.8 Å². The lowest BCUT2D eigenvalue weighted by molar-refractivity contribution is 0.317. The van der Waals surface area contributed by atoms with Crippen LogP contribution in [0.2, 0.25) is 0 Å². The van der Waals surface area contributed by atoms with Crippen LogP contribution in [0.3, 0.4) is 0 Å². The molecule has 2 rings (SSSR count). The Morgan fingerprint density at radius 3 is 2.67 bits per heavy atom. The van der Waals surface area contributed by atoms with Gasteiger partial charge in [0, 0.05) is 18.8 Å². The number of amidine groups is 1. The Bertz CT molecular complexity index is 541. The largest absolute Gasteiger partial charge is 0.409 e. The Labute approximate surface area is 126 Å². The van der Waals surface area contributed by atoms with E-state index >= 15 is 0 Å². The maximum Gasteiger partial charge on any atom is 0.174 e. The average molecular weight is 290 g/mol. The Morgan fingerprint density at radius 1 is 1.38 bits per heavy atom. The van der Waals surface area contributed by atoms with Crippen molar-refractivity contribution >= 4 is 11.7 Å². The van der Waals surface area contributed by atoms with Gasteiger partial charge in [0.25, 0.3) is 0 Å². The number of aryl methyl sites for hydroxylation is 2. The molecule has 5 heteroatoms. The van der Waals surface area contributed by atoms with Crippen molar-refractivity contribution in [1.82, 2.24) is 4.98 Å². The number of pyridine rings is 1. The molecule has 1 aromatic rings. The third-order valence-corrected chi connectivity index (χ3v) is 4.59. The van der Waals surface area contributed by atoms with Crippen molar-refractivity contribution in [1.29, 1.82) is 0 Å². The summed E-state index contributed by atoms with van der Waals surface area (Å²) in [6.45, 7) is 6.25. The van der Waals surface area contributed by atoms with Crippen molar-refractivity contribution in [2.75, 3.05) is 11.9 Å². The molecule has 1 aliphatic carbocycles. The first kappa shape index (κ1) is 15.6. The van der Waals surface area contributed by atoms with E-state index in [2.05, 4.69) is 29.0 Å². The molecule has 1 fully saturated rings. The number of aromatic nitrogens is 1. The lowest BCUT2D eigenvalue weighted by atomic mass is 9.85. The standard InChI is InChI=1S/C16H26N4O/c1-10-7-5-6-8-13(10)20(4)16-14(15(17)19-21)11(2)9-12(3)18-16/h9-10,13,21H,5-8H2,1-4H3,(H2,17,19). The summed E-state index contributed by atoms with van der Waals surface area (Å²) < 4.78 is 0. The van der Waals surface area contributed by atoms with E-state index in [-0.39, 0.29) is 5.84 Å². The fraction of sp³-hybridized carbons (Fsp3) is 0.625. The third kappa shape index (κ3) is 3.12. The molecule has 0 amide bonds. The van der Waals surface area contributed by atoms with Crippen molar-refractivity contribution in [3.8, 4) is 0 Å². The number of hydrogen-bond donors (Lipinski definition) is 2. The molecule has 5 nitrogen and oxygen atoms in total. The molecule has 1 aromatic heterocycles. The van der Waals surface area contributed by atoms with E-state index in [1.54, 1.807) is 0 Å². The van der Waals surface area contributed by atoms with Gasteiger partial charge in [-0.15, -0.1) is 0 Å². The van der Waals surface area contributed by atoms with Crippen molar-refractivity contribution < 1.29 is 5.21 Å². The first-order chi connectivity index (χ1) is 9.95. The lowest BCUT2D eigenvalue weighted by Gasteiger charge is -2.38. The molecule has 2 atom stereocenters. The van der Waals surface area contributed by atoms with Crippen LogP contribution in [0.25, 0.3) is 0 Å². The lowest BCUT2D eigenvalue weighted by Crippen LogP contribution is -2.40. The van der Waals surface area contributed by atoms with E-state index in [0.29, 0.717) is 12.0 Å². The summed E-state index contributed by atoms with van der Waals surface area (Å²) in [4.78, 5) is 6.89. The van der Waals surface area contributed by atoms with Crippen molar-refractivity contribution in [3.63, 3.8) is 0 Å². The smallest absolute Gasteiger partial charge is 0.174 e. The maximum absolute atomic E-state index is 9.07. The van der Waals surface area contributed by atoms with Crippen LogP contribution in [-0.4, -0.2) is 29.1 Å². The molecule has 1 saturated carbocycles. The molecular weight excluding hydrogens is 264 g/mol. The highest BCUT2D eigenvalue weighted by molar-refractivity contribution is 6.02. The highest BCUT2D eigenvalue weighted by atomic mass is 16.4. The predicted octanol–water partition coefficient (Wildman–Crippen LogP) is 2.81. The molecule has 21 heavy (non-hydrogen) atoms. The van der Waals surface area contributed by atoms with Crippen LogP contribution in [0.5, 0.6) is 0 Å².